The zero-order chi connectivity index (χ0) is 29.1. The Morgan fingerprint density at radius 1 is 1.02 bits per heavy atom. The van der Waals surface area contributed by atoms with Gasteiger partial charge in [0.05, 0.1) is 33.9 Å². The Kier molecular flexibility index (Phi) is 8.34. The van der Waals surface area contributed by atoms with Crippen LogP contribution in [-0.2, 0) is 18.0 Å². The Hall–Kier alpha value is -3.87. The molecule has 1 saturated heterocycles. The molecule has 216 valence electrons. The average molecular weight is 588 g/mol. The van der Waals surface area contributed by atoms with Crippen molar-refractivity contribution in [3.05, 3.63) is 65.3 Å². The van der Waals surface area contributed by atoms with Crippen molar-refractivity contribution < 1.29 is 22.7 Å². The maximum absolute atomic E-state index is 13.2. The molecular weight excluding hydrogens is 559 g/mol. The summed E-state index contributed by atoms with van der Waals surface area (Å²) in [5.74, 6) is 1.50. The van der Waals surface area contributed by atoms with Crippen LogP contribution in [0.5, 0.6) is 11.5 Å². The minimum absolute atomic E-state index is 0.0888. The lowest BCUT2D eigenvalue weighted by molar-refractivity contribution is -0.137. The lowest BCUT2D eigenvalue weighted by Gasteiger charge is -2.33. The number of pyridine rings is 1. The smallest absolute Gasteiger partial charge is 0.416 e. The van der Waals surface area contributed by atoms with Gasteiger partial charge in [0, 0.05) is 51.6 Å². The van der Waals surface area contributed by atoms with Crippen molar-refractivity contribution in [1.29, 1.82) is 0 Å². The molecule has 1 aliphatic heterocycles. The molecule has 2 aromatic carbocycles. The number of amides is 1. The Balaban J connectivity index is 1.26. The molecule has 0 saturated carbocycles. The van der Waals surface area contributed by atoms with Gasteiger partial charge >= 0.3 is 6.18 Å². The summed E-state index contributed by atoms with van der Waals surface area (Å²) in [5.41, 5.74) is 0.555. The fourth-order valence-corrected chi connectivity index (χ4v) is 4.77. The van der Waals surface area contributed by atoms with E-state index in [0.29, 0.717) is 35.3 Å². The van der Waals surface area contributed by atoms with Gasteiger partial charge in [0.25, 0.3) is 0 Å². The van der Waals surface area contributed by atoms with Gasteiger partial charge in [0.2, 0.25) is 11.9 Å². The van der Waals surface area contributed by atoms with Gasteiger partial charge in [0.15, 0.2) is 0 Å². The van der Waals surface area contributed by atoms with E-state index in [2.05, 4.69) is 37.3 Å². The minimum Gasteiger partial charge on any atom is -0.457 e. The number of piperazine rings is 1. The first-order valence-corrected chi connectivity index (χ1v) is 13.5. The number of carbonyl (C=O) groups excluding carboxylic acids is 1. The van der Waals surface area contributed by atoms with E-state index in [9.17, 15) is 18.0 Å². The molecule has 4 aromatic rings. The standard InChI is InChI=1S/C28H29ClF3N7O2/c1-3-38-10-12-39(13-11-38)17-26(40)36-25-16-20(8-9-33-25)41-19-5-7-24-23(15-19)35-27(37(24)2)34-22-14-18(28(30,31)32)4-6-21(22)29/h4-9,14-16H,3,10-13,17H2,1-2H3,(H,34,35)(H,33,36,40). The van der Waals surface area contributed by atoms with Crippen molar-refractivity contribution in [2.75, 3.05) is 49.9 Å². The van der Waals surface area contributed by atoms with E-state index in [1.54, 1.807) is 48.1 Å². The van der Waals surface area contributed by atoms with Gasteiger partial charge in [-0.05, 0) is 42.9 Å². The Labute approximate surface area is 239 Å². The number of fused-ring (bicyclic) bond motifs is 1. The molecule has 3 heterocycles. The van der Waals surface area contributed by atoms with E-state index in [0.717, 1.165) is 50.4 Å². The second-order valence-corrected chi connectivity index (χ2v) is 10.1. The fraction of sp³-hybridized carbons (Fsp3) is 0.321. The van der Waals surface area contributed by atoms with Gasteiger partial charge in [-0.1, -0.05) is 18.5 Å². The zero-order valence-corrected chi connectivity index (χ0v) is 23.3. The molecule has 13 heteroatoms. The highest BCUT2D eigenvalue weighted by molar-refractivity contribution is 6.33. The number of hydrogen-bond acceptors (Lipinski definition) is 7. The number of alkyl halides is 3. The second-order valence-electron chi connectivity index (χ2n) is 9.70. The molecule has 41 heavy (non-hydrogen) atoms. The molecule has 0 unspecified atom stereocenters. The molecule has 0 radical (unpaired) electrons. The van der Waals surface area contributed by atoms with E-state index >= 15 is 0 Å². The van der Waals surface area contributed by atoms with Gasteiger partial charge in [-0.2, -0.15) is 13.2 Å². The molecule has 1 amide bonds. The summed E-state index contributed by atoms with van der Waals surface area (Å²) in [6.07, 6.45) is -2.95. The summed E-state index contributed by atoms with van der Waals surface area (Å²) in [7, 11) is 1.74. The van der Waals surface area contributed by atoms with Crippen molar-refractivity contribution in [2.24, 2.45) is 7.05 Å². The van der Waals surface area contributed by atoms with Crippen LogP contribution in [0, 0.1) is 0 Å². The number of ether oxygens (including phenoxy) is 1. The third-order valence-electron chi connectivity index (χ3n) is 6.91. The van der Waals surface area contributed by atoms with Crippen LogP contribution in [-0.4, -0.2) is 69.5 Å². The first-order valence-electron chi connectivity index (χ1n) is 13.1. The number of nitrogens with one attached hydrogen (secondary N) is 2. The summed E-state index contributed by atoms with van der Waals surface area (Å²) in [5, 5.41) is 5.86. The summed E-state index contributed by atoms with van der Waals surface area (Å²) < 4.78 is 47.2. The number of rotatable bonds is 8. The van der Waals surface area contributed by atoms with Crippen molar-refractivity contribution in [1.82, 2.24) is 24.3 Å². The van der Waals surface area contributed by atoms with Crippen LogP contribution >= 0.6 is 11.6 Å². The van der Waals surface area contributed by atoms with Gasteiger partial charge in [-0.25, -0.2) is 9.97 Å². The predicted molar refractivity (Wildman–Crippen MR) is 152 cm³/mol. The van der Waals surface area contributed by atoms with Crippen LogP contribution in [0.4, 0.5) is 30.6 Å². The molecule has 2 N–H and O–H groups in total. The number of aromatic nitrogens is 3. The van der Waals surface area contributed by atoms with E-state index in [1.807, 2.05) is 0 Å². The van der Waals surface area contributed by atoms with Crippen LogP contribution in [0.2, 0.25) is 5.02 Å². The van der Waals surface area contributed by atoms with Crippen LogP contribution in [0.1, 0.15) is 12.5 Å². The number of aryl methyl sites for hydroxylation is 1. The van der Waals surface area contributed by atoms with E-state index < -0.39 is 11.7 Å². The zero-order valence-electron chi connectivity index (χ0n) is 22.5. The molecule has 0 spiro atoms. The molecule has 0 atom stereocenters. The number of hydrogen-bond donors (Lipinski definition) is 2. The van der Waals surface area contributed by atoms with Crippen LogP contribution in [0.3, 0.4) is 0 Å². The average Bonchev–Trinajstić information content (AvgIpc) is 3.24. The highest BCUT2D eigenvalue weighted by atomic mass is 35.5. The normalized spacial score (nSPS) is 14.8. The quantitative estimate of drug-likeness (QED) is 0.271. The Bertz CT molecular complexity index is 1550. The molecule has 2 aromatic heterocycles. The van der Waals surface area contributed by atoms with Crippen molar-refractivity contribution in [2.45, 2.75) is 13.1 Å². The minimum atomic E-state index is -4.50. The van der Waals surface area contributed by atoms with Gasteiger partial charge in [-0.15, -0.1) is 0 Å². The molecule has 5 rings (SSSR count). The lowest BCUT2D eigenvalue weighted by Crippen LogP contribution is -2.48. The summed E-state index contributed by atoms with van der Waals surface area (Å²) in [6, 6.07) is 11.6. The van der Waals surface area contributed by atoms with Crippen LogP contribution < -0.4 is 15.4 Å². The first-order chi connectivity index (χ1) is 19.6. The maximum Gasteiger partial charge on any atom is 0.416 e. The van der Waals surface area contributed by atoms with Crippen molar-refractivity contribution in [3.8, 4) is 11.5 Å². The van der Waals surface area contributed by atoms with Gasteiger partial charge in [0.1, 0.15) is 17.3 Å². The summed E-state index contributed by atoms with van der Waals surface area (Å²) >= 11 is 6.14. The molecule has 9 nitrogen and oxygen atoms in total. The fourth-order valence-electron chi connectivity index (χ4n) is 4.60. The highest BCUT2D eigenvalue weighted by Crippen LogP contribution is 2.35. The molecule has 0 aliphatic carbocycles. The van der Waals surface area contributed by atoms with Crippen LogP contribution in [0.25, 0.3) is 11.0 Å². The molecule has 1 aliphatic rings. The molecule has 1 fully saturated rings. The number of imidazole rings is 1. The van der Waals surface area contributed by atoms with E-state index in [4.69, 9.17) is 16.3 Å². The summed E-state index contributed by atoms with van der Waals surface area (Å²) in [6.45, 7) is 7.02. The number of nitrogens with zero attached hydrogens (tertiary/aromatic N) is 5. The van der Waals surface area contributed by atoms with E-state index in [-0.39, 0.29) is 16.6 Å². The predicted octanol–water partition coefficient (Wildman–Crippen LogP) is 5.75. The molecule has 0 bridgehead atoms. The first kappa shape index (κ1) is 28.7. The largest absolute Gasteiger partial charge is 0.457 e. The summed E-state index contributed by atoms with van der Waals surface area (Å²) in [4.78, 5) is 25.8. The van der Waals surface area contributed by atoms with Gasteiger partial charge in [-0.3, -0.25) is 9.69 Å². The van der Waals surface area contributed by atoms with E-state index in [1.165, 1.54) is 6.07 Å². The highest BCUT2D eigenvalue weighted by Gasteiger charge is 2.31. The van der Waals surface area contributed by atoms with Crippen LogP contribution in [0.15, 0.2) is 54.7 Å². The molecular formula is C28H29ClF3N7O2. The number of halogens is 4. The SMILES string of the molecule is CCN1CCN(CC(=O)Nc2cc(Oc3ccc4c(c3)nc(Nc3cc(C(F)(F)F)ccc3Cl)n4C)ccn2)CC1. The second kappa shape index (κ2) is 11.9. The maximum atomic E-state index is 13.2. The number of likely N-dealkylation sites (N-methyl/N-ethyl adjacent to an activating group) is 1. The van der Waals surface area contributed by atoms with Gasteiger partial charge < -0.3 is 24.8 Å². The Morgan fingerprint density at radius 3 is 2.49 bits per heavy atom. The van der Waals surface area contributed by atoms with Crippen molar-refractivity contribution >= 4 is 46.0 Å². The number of benzene rings is 2. The lowest BCUT2D eigenvalue weighted by atomic mass is 10.2. The monoisotopic (exact) mass is 587 g/mol. The number of carbonyl (C=O) groups is 1. The topological polar surface area (TPSA) is 87.5 Å². The third-order valence-corrected chi connectivity index (χ3v) is 7.24. The Morgan fingerprint density at radius 2 is 1.76 bits per heavy atom. The third kappa shape index (κ3) is 6.89. The number of anilines is 3. The van der Waals surface area contributed by atoms with Crippen molar-refractivity contribution in [3.63, 3.8) is 0 Å².